The van der Waals surface area contributed by atoms with Crippen molar-refractivity contribution in [2.75, 3.05) is 7.05 Å². The van der Waals surface area contributed by atoms with Gasteiger partial charge in [0.1, 0.15) is 17.6 Å². The van der Waals surface area contributed by atoms with Crippen molar-refractivity contribution in [3.8, 4) is 5.69 Å². The van der Waals surface area contributed by atoms with Crippen molar-refractivity contribution in [1.29, 1.82) is 0 Å². The molecule has 0 aliphatic carbocycles. The highest BCUT2D eigenvalue weighted by Gasteiger charge is 2.31. The van der Waals surface area contributed by atoms with E-state index in [1.54, 1.807) is 31.2 Å². The van der Waals surface area contributed by atoms with Crippen molar-refractivity contribution in [2.24, 2.45) is 0 Å². The van der Waals surface area contributed by atoms with Crippen LogP contribution in [0.15, 0.2) is 53.9 Å². The fourth-order valence-electron chi connectivity index (χ4n) is 2.53. The molecule has 0 saturated carbocycles. The van der Waals surface area contributed by atoms with Gasteiger partial charge in [0.25, 0.3) is 0 Å². The van der Waals surface area contributed by atoms with E-state index in [-0.39, 0.29) is 0 Å². The Bertz CT molecular complexity index is 1050. The minimum atomic E-state index is -4.39. The summed E-state index contributed by atoms with van der Waals surface area (Å²) in [7, 11) is -3.14. The lowest BCUT2D eigenvalue weighted by atomic mass is 10.1. The smallest absolute Gasteiger partial charge is 0.223 e. The standard InChI is InChI=1S/C17H15F3N4O2S/c1-11(12-3-5-13(6-4-12)24-10-21-9-22-24)23(2)27(25,26)15-8-7-14(18)16(19)17(15)20/h3-11H,1-2H3/t11-/m1/s1. The molecule has 3 aromatic rings. The van der Waals surface area contributed by atoms with Crippen molar-refractivity contribution >= 4 is 10.0 Å². The first-order valence-electron chi connectivity index (χ1n) is 7.80. The summed E-state index contributed by atoms with van der Waals surface area (Å²) in [5, 5.41) is 3.99. The highest BCUT2D eigenvalue weighted by Crippen LogP contribution is 2.29. The van der Waals surface area contributed by atoms with Crippen LogP contribution in [-0.2, 0) is 10.0 Å². The summed E-state index contributed by atoms with van der Waals surface area (Å²) < 4.78 is 68.2. The molecule has 2 aromatic carbocycles. The number of sulfonamides is 1. The monoisotopic (exact) mass is 396 g/mol. The van der Waals surface area contributed by atoms with Gasteiger partial charge in [-0.3, -0.25) is 0 Å². The molecule has 1 aromatic heterocycles. The van der Waals surface area contributed by atoms with E-state index < -0.39 is 38.4 Å². The number of hydrogen-bond acceptors (Lipinski definition) is 4. The molecule has 142 valence electrons. The van der Waals surface area contributed by atoms with Crippen LogP contribution in [0, 0.1) is 17.5 Å². The van der Waals surface area contributed by atoms with E-state index in [9.17, 15) is 21.6 Å². The van der Waals surface area contributed by atoms with Crippen LogP contribution < -0.4 is 0 Å². The van der Waals surface area contributed by atoms with Crippen LogP contribution in [-0.4, -0.2) is 34.5 Å². The molecule has 0 fully saturated rings. The molecule has 6 nitrogen and oxygen atoms in total. The summed E-state index contributed by atoms with van der Waals surface area (Å²) in [6, 6.07) is 7.42. The average molecular weight is 396 g/mol. The Kier molecular flexibility index (Phi) is 5.03. The minimum absolute atomic E-state index is 0.580. The van der Waals surface area contributed by atoms with Gasteiger partial charge in [-0.15, -0.1) is 0 Å². The maximum atomic E-state index is 14.0. The second kappa shape index (κ2) is 7.12. The molecule has 27 heavy (non-hydrogen) atoms. The molecule has 10 heteroatoms. The predicted octanol–water partition coefficient (Wildman–Crippen LogP) is 3.07. The summed E-state index contributed by atoms with van der Waals surface area (Å²) >= 11 is 0. The van der Waals surface area contributed by atoms with Crippen LogP contribution in [0.2, 0.25) is 0 Å². The van der Waals surface area contributed by atoms with E-state index in [0.29, 0.717) is 17.7 Å². The SMILES string of the molecule is C[C@H](c1ccc(-n2cncn2)cc1)N(C)S(=O)(=O)c1ccc(F)c(F)c1F. The van der Waals surface area contributed by atoms with Gasteiger partial charge in [0.2, 0.25) is 10.0 Å². The Labute approximate surface area is 153 Å². The maximum Gasteiger partial charge on any atom is 0.246 e. The quantitative estimate of drug-likeness (QED) is 0.622. The van der Waals surface area contributed by atoms with Crippen LogP contribution in [0.5, 0.6) is 0 Å². The fourth-order valence-corrected chi connectivity index (χ4v) is 3.93. The fraction of sp³-hybridized carbons (Fsp3) is 0.176. The maximum absolute atomic E-state index is 14.0. The van der Waals surface area contributed by atoms with E-state index in [4.69, 9.17) is 0 Å². The summed E-state index contributed by atoms with van der Waals surface area (Å²) in [4.78, 5) is 2.92. The lowest BCUT2D eigenvalue weighted by Crippen LogP contribution is -2.30. The molecule has 1 heterocycles. The van der Waals surface area contributed by atoms with Gasteiger partial charge in [0.15, 0.2) is 17.5 Å². The third-order valence-corrected chi connectivity index (χ3v) is 6.21. The largest absolute Gasteiger partial charge is 0.246 e. The predicted molar refractivity (Wildman–Crippen MR) is 91.0 cm³/mol. The van der Waals surface area contributed by atoms with E-state index in [1.807, 2.05) is 0 Å². The van der Waals surface area contributed by atoms with Gasteiger partial charge in [-0.25, -0.2) is 31.3 Å². The number of rotatable bonds is 5. The summed E-state index contributed by atoms with van der Waals surface area (Å²) in [6.45, 7) is 1.60. The van der Waals surface area contributed by atoms with Crippen LogP contribution in [0.25, 0.3) is 5.69 Å². The normalized spacial score (nSPS) is 13.1. The molecule has 0 spiro atoms. The first kappa shape index (κ1) is 19.1. The zero-order chi connectivity index (χ0) is 19.8. The molecule has 0 bridgehead atoms. The molecular weight excluding hydrogens is 381 g/mol. The van der Waals surface area contributed by atoms with Gasteiger partial charge in [-0.1, -0.05) is 12.1 Å². The van der Waals surface area contributed by atoms with Gasteiger partial charge in [0, 0.05) is 13.1 Å². The van der Waals surface area contributed by atoms with Gasteiger partial charge in [-0.2, -0.15) is 9.40 Å². The highest BCUT2D eigenvalue weighted by molar-refractivity contribution is 7.89. The first-order valence-corrected chi connectivity index (χ1v) is 9.24. The van der Waals surface area contributed by atoms with E-state index in [0.717, 1.165) is 9.99 Å². The summed E-state index contributed by atoms with van der Waals surface area (Å²) in [5.74, 6) is -5.02. The third kappa shape index (κ3) is 3.45. The van der Waals surface area contributed by atoms with E-state index >= 15 is 0 Å². The van der Waals surface area contributed by atoms with Crippen LogP contribution in [0.1, 0.15) is 18.5 Å². The van der Waals surface area contributed by atoms with Crippen LogP contribution in [0.3, 0.4) is 0 Å². The number of hydrogen-bond donors (Lipinski definition) is 0. The lowest BCUT2D eigenvalue weighted by Gasteiger charge is -2.25. The van der Waals surface area contributed by atoms with Crippen molar-refractivity contribution in [3.63, 3.8) is 0 Å². The lowest BCUT2D eigenvalue weighted by molar-refractivity contribution is 0.388. The molecule has 1 atom stereocenters. The van der Waals surface area contributed by atoms with Gasteiger partial charge >= 0.3 is 0 Å². The Morgan fingerprint density at radius 1 is 1.04 bits per heavy atom. The average Bonchev–Trinajstić information content (AvgIpc) is 3.19. The van der Waals surface area contributed by atoms with E-state index in [2.05, 4.69) is 10.1 Å². The molecule has 0 aliphatic heterocycles. The Morgan fingerprint density at radius 3 is 2.30 bits per heavy atom. The van der Waals surface area contributed by atoms with Gasteiger partial charge in [-0.05, 0) is 36.8 Å². The van der Waals surface area contributed by atoms with Crippen molar-refractivity contribution in [1.82, 2.24) is 19.1 Å². The van der Waals surface area contributed by atoms with Crippen LogP contribution in [0.4, 0.5) is 13.2 Å². The zero-order valence-electron chi connectivity index (χ0n) is 14.3. The van der Waals surface area contributed by atoms with Crippen molar-refractivity contribution in [3.05, 3.63) is 72.1 Å². The Balaban J connectivity index is 1.90. The molecule has 0 amide bonds. The second-order valence-electron chi connectivity index (χ2n) is 5.80. The van der Waals surface area contributed by atoms with E-state index in [1.165, 1.54) is 24.4 Å². The number of aromatic nitrogens is 3. The summed E-state index contributed by atoms with van der Waals surface area (Å²) in [6.07, 6.45) is 2.90. The van der Waals surface area contributed by atoms with Crippen molar-refractivity contribution in [2.45, 2.75) is 17.9 Å². The highest BCUT2D eigenvalue weighted by atomic mass is 32.2. The number of benzene rings is 2. The minimum Gasteiger partial charge on any atom is -0.223 e. The molecule has 0 saturated heterocycles. The first-order chi connectivity index (χ1) is 12.7. The topological polar surface area (TPSA) is 68.1 Å². The number of halogens is 3. The van der Waals surface area contributed by atoms with Crippen molar-refractivity contribution < 1.29 is 21.6 Å². The molecule has 3 rings (SSSR count). The summed E-state index contributed by atoms with van der Waals surface area (Å²) in [5.41, 5.74) is 1.34. The Morgan fingerprint density at radius 2 is 1.70 bits per heavy atom. The molecule has 0 radical (unpaired) electrons. The third-order valence-electron chi connectivity index (χ3n) is 4.26. The molecule has 0 unspecified atom stereocenters. The van der Waals surface area contributed by atoms with Gasteiger partial charge in [0.05, 0.1) is 5.69 Å². The van der Waals surface area contributed by atoms with Gasteiger partial charge < -0.3 is 0 Å². The number of nitrogens with zero attached hydrogens (tertiary/aromatic N) is 4. The molecule has 0 aliphatic rings. The molecule has 0 N–H and O–H groups in total. The molecular formula is C17H15F3N4O2S. The second-order valence-corrected chi connectivity index (χ2v) is 7.77. The van der Waals surface area contributed by atoms with Crippen LogP contribution >= 0.6 is 0 Å². The zero-order valence-corrected chi connectivity index (χ0v) is 15.2. The Hall–Kier alpha value is -2.72.